The van der Waals surface area contributed by atoms with Crippen molar-refractivity contribution in [1.82, 2.24) is 0 Å². The second-order valence-electron chi connectivity index (χ2n) is 5.08. The van der Waals surface area contributed by atoms with Gasteiger partial charge in [0.2, 0.25) is 0 Å². The number of anilines is 1. The van der Waals surface area contributed by atoms with E-state index in [-0.39, 0.29) is 0 Å². The lowest BCUT2D eigenvalue weighted by atomic mass is 10.1. The van der Waals surface area contributed by atoms with Crippen LogP contribution in [-0.2, 0) is 11.2 Å². The van der Waals surface area contributed by atoms with Gasteiger partial charge < -0.3 is 10.5 Å². The topological polar surface area (TPSA) is 64.3 Å². The summed E-state index contributed by atoms with van der Waals surface area (Å²) in [6.07, 6.45) is -0.131. The standard InChI is InChI=1S/C13H17ClN2O2S/c1-13(2,3)18-12(17)16-9-4-5-10(14)8(6-9)7-11(15)19/h4-6H,7H2,1-3H3,(H2,15,19)(H,16,17). The van der Waals surface area contributed by atoms with Crippen LogP contribution in [0.5, 0.6) is 0 Å². The van der Waals surface area contributed by atoms with Gasteiger partial charge in [-0.2, -0.15) is 0 Å². The fourth-order valence-corrected chi connectivity index (χ4v) is 1.74. The van der Waals surface area contributed by atoms with E-state index in [2.05, 4.69) is 5.32 Å². The van der Waals surface area contributed by atoms with Crippen molar-refractivity contribution in [3.8, 4) is 0 Å². The van der Waals surface area contributed by atoms with Gasteiger partial charge in [0.25, 0.3) is 0 Å². The monoisotopic (exact) mass is 300 g/mol. The zero-order valence-corrected chi connectivity index (χ0v) is 12.7. The molecule has 0 spiro atoms. The third kappa shape index (κ3) is 5.89. The van der Waals surface area contributed by atoms with Crippen LogP contribution in [-0.4, -0.2) is 16.7 Å². The Morgan fingerprint density at radius 2 is 2.11 bits per heavy atom. The number of hydrogen-bond donors (Lipinski definition) is 2. The minimum absolute atomic E-state index is 0.344. The molecular weight excluding hydrogens is 284 g/mol. The number of nitrogens with one attached hydrogen (secondary N) is 1. The number of ether oxygens (including phenoxy) is 1. The molecule has 0 saturated carbocycles. The highest BCUT2D eigenvalue weighted by Crippen LogP contribution is 2.21. The second-order valence-corrected chi connectivity index (χ2v) is 6.01. The van der Waals surface area contributed by atoms with Crippen LogP contribution in [0.4, 0.5) is 10.5 Å². The van der Waals surface area contributed by atoms with E-state index in [9.17, 15) is 4.79 Å². The molecule has 0 heterocycles. The quantitative estimate of drug-likeness (QED) is 0.838. The first-order chi connectivity index (χ1) is 8.67. The summed E-state index contributed by atoms with van der Waals surface area (Å²) in [4.78, 5) is 12.0. The molecule has 0 fully saturated rings. The molecule has 1 rings (SSSR count). The van der Waals surface area contributed by atoms with Crippen molar-refractivity contribution in [2.24, 2.45) is 5.73 Å². The van der Waals surface area contributed by atoms with Gasteiger partial charge >= 0.3 is 6.09 Å². The molecule has 0 aromatic heterocycles. The number of benzene rings is 1. The first kappa shape index (κ1) is 15.7. The number of carbonyl (C=O) groups excluding carboxylic acids is 1. The fourth-order valence-electron chi connectivity index (χ4n) is 1.40. The molecule has 0 radical (unpaired) electrons. The summed E-state index contributed by atoms with van der Waals surface area (Å²) in [7, 11) is 0. The maximum atomic E-state index is 11.6. The van der Waals surface area contributed by atoms with E-state index >= 15 is 0 Å². The Balaban J connectivity index is 2.79. The first-order valence-corrected chi connectivity index (χ1v) is 6.53. The Morgan fingerprint density at radius 3 is 2.63 bits per heavy atom. The highest BCUT2D eigenvalue weighted by Gasteiger charge is 2.16. The molecule has 0 aliphatic rings. The van der Waals surface area contributed by atoms with Crippen molar-refractivity contribution in [3.63, 3.8) is 0 Å². The largest absolute Gasteiger partial charge is 0.444 e. The number of carbonyl (C=O) groups is 1. The van der Waals surface area contributed by atoms with E-state index in [1.165, 1.54) is 0 Å². The smallest absolute Gasteiger partial charge is 0.412 e. The zero-order valence-electron chi connectivity index (χ0n) is 11.1. The van der Waals surface area contributed by atoms with Crippen molar-refractivity contribution in [3.05, 3.63) is 28.8 Å². The van der Waals surface area contributed by atoms with E-state index in [1.54, 1.807) is 39.0 Å². The van der Waals surface area contributed by atoms with Gasteiger partial charge in [0.1, 0.15) is 5.60 Å². The summed E-state index contributed by atoms with van der Waals surface area (Å²) in [6, 6.07) is 5.10. The molecular formula is C13H17ClN2O2S. The Kier molecular flexibility index (Phi) is 5.14. The molecule has 0 bridgehead atoms. The van der Waals surface area contributed by atoms with Crippen molar-refractivity contribution in [2.75, 3.05) is 5.32 Å². The zero-order chi connectivity index (χ0) is 14.6. The average molecular weight is 301 g/mol. The van der Waals surface area contributed by atoms with E-state index in [4.69, 9.17) is 34.3 Å². The number of thiocarbonyl (C=S) groups is 1. The van der Waals surface area contributed by atoms with E-state index < -0.39 is 11.7 Å². The molecule has 0 unspecified atom stereocenters. The molecule has 1 aromatic rings. The predicted octanol–water partition coefficient (Wildman–Crippen LogP) is 3.52. The molecule has 104 valence electrons. The average Bonchev–Trinajstić information content (AvgIpc) is 2.19. The fraction of sp³-hybridized carbons (Fsp3) is 0.385. The van der Waals surface area contributed by atoms with Gasteiger partial charge in [-0.15, -0.1) is 0 Å². The minimum Gasteiger partial charge on any atom is -0.444 e. The van der Waals surface area contributed by atoms with E-state index in [0.717, 1.165) is 5.56 Å². The molecule has 6 heteroatoms. The first-order valence-electron chi connectivity index (χ1n) is 5.74. The number of rotatable bonds is 3. The number of halogens is 1. The maximum absolute atomic E-state index is 11.6. The Bertz CT molecular complexity index is 498. The van der Waals surface area contributed by atoms with Crippen LogP contribution in [0.25, 0.3) is 0 Å². The van der Waals surface area contributed by atoms with Crippen molar-refractivity contribution >= 4 is 40.6 Å². The molecule has 0 atom stereocenters. The van der Waals surface area contributed by atoms with Gasteiger partial charge in [0.15, 0.2) is 0 Å². The molecule has 1 amide bonds. The summed E-state index contributed by atoms with van der Waals surface area (Å²) in [5.41, 5.74) is 6.30. The number of nitrogens with two attached hydrogens (primary N) is 1. The molecule has 0 aliphatic carbocycles. The van der Waals surface area contributed by atoms with Gasteiger partial charge in [-0.25, -0.2) is 4.79 Å². The third-order valence-electron chi connectivity index (χ3n) is 2.06. The predicted molar refractivity (Wildman–Crippen MR) is 81.8 cm³/mol. The van der Waals surface area contributed by atoms with Gasteiger partial charge in [-0.3, -0.25) is 5.32 Å². The van der Waals surface area contributed by atoms with Crippen LogP contribution >= 0.6 is 23.8 Å². The van der Waals surface area contributed by atoms with Crippen LogP contribution < -0.4 is 11.1 Å². The van der Waals surface area contributed by atoms with Gasteiger partial charge in [-0.1, -0.05) is 23.8 Å². The van der Waals surface area contributed by atoms with Crippen LogP contribution in [0.3, 0.4) is 0 Å². The lowest BCUT2D eigenvalue weighted by Crippen LogP contribution is -2.27. The van der Waals surface area contributed by atoms with E-state index in [1.807, 2.05) is 0 Å². The summed E-state index contributed by atoms with van der Waals surface area (Å²) < 4.78 is 5.16. The lowest BCUT2D eigenvalue weighted by molar-refractivity contribution is 0.0636. The molecule has 0 aliphatic heterocycles. The minimum atomic E-state index is -0.543. The Hall–Kier alpha value is -1.33. The molecule has 3 N–H and O–H groups in total. The summed E-state index contributed by atoms with van der Waals surface area (Å²) in [5.74, 6) is 0. The molecule has 19 heavy (non-hydrogen) atoms. The highest BCUT2D eigenvalue weighted by molar-refractivity contribution is 7.80. The van der Waals surface area contributed by atoms with Crippen LogP contribution in [0, 0.1) is 0 Å². The summed E-state index contributed by atoms with van der Waals surface area (Å²) in [6.45, 7) is 5.40. The summed E-state index contributed by atoms with van der Waals surface area (Å²) in [5, 5.41) is 3.19. The SMILES string of the molecule is CC(C)(C)OC(=O)Nc1ccc(Cl)c(CC(N)=S)c1. The molecule has 0 saturated heterocycles. The molecule has 4 nitrogen and oxygen atoms in total. The van der Waals surface area contributed by atoms with Crippen LogP contribution in [0.2, 0.25) is 5.02 Å². The maximum Gasteiger partial charge on any atom is 0.412 e. The number of hydrogen-bond acceptors (Lipinski definition) is 3. The van der Waals surface area contributed by atoms with Crippen molar-refractivity contribution in [2.45, 2.75) is 32.8 Å². The lowest BCUT2D eigenvalue weighted by Gasteiger charge is -2.19. The van der Waals surface area contributed by atoms with E-state index in [0.29, 0.717) is 22.1 Å². The van der Waals surface area contributed by atoms with Crippen molar-refractivity contribution < 1.29 is 9.53 Å². The van der Waals surface area contributed by atoms with Crippen molar-refractivity contribution in [1.29, 1.82) is 0 Å². The van der Waals surface area contributed by atoms with Gasteiger partial charge in [-0.05, 0) is 44.5 Å². The molecule has 1 aromatic carbocycles. The van der Waals surface area contributed by atoms with Crippen LogP contribution in [0.15, 0.2) is 18.2 Å². The Morgan fingerprint density at radius 1 is 1.47 bits per heavy atom. The normalized spacial score (nSPS) is 10.9. The van der Waals surface area contributed by atoms with Crippen LogP contribution in [0.1, 0.15) is 26.3 Å². The second kappa shape index (κ2) is 6.21. The summed E-state index contributed by atoms with van der Waals surface area (Å²) >= 11 is 10.9. The Labute approximate surface area is 123 Å². The van der Waals surface area contributed by atoms with Gasteiger partial charge in [0.05, 0.1) is 4.99 Å². The third-order valence-corrected chi connectivity index (χ3v) is 2.57. The van der Waals surface area contributed by atoms with Gasteiger partial charge in [0, 0.05) is 17.1 Å². The highest BCUT2D eigenvalue weighted by atomic mass is 35.5. The number of amides is 1.